The molecular formula is C20H21F2N5O2. The topological polar surface area (TPSA) is 83.0 Å². The number of hydrogen-bond acceptors (Lipinski definition) is 4. The monoisotopic (exact) mass is 401 g/mol. The number of nitrogens with one attached hydrogen (secondary N) is 2. The molecule has 29 heavy (non-hydrogen) atoms. The highest BCUT2D eigenvalue weighted by Crippen LogP contribution is 2.40. The molecule has 4 rings (SSSR count). The molecular weight excluding hydrogens is 380 g/mol. The molecule has 0 atom stereocenters. The van der Waals surface area contributed by atoms with Gasteiger partial charge in [0.15, 0.2) is 0 Å². The molecule has 1 aliphatic carbocycles. The number of hydrogen-bond donors (Lipinski definition) is 2. The van der Waals surface area contributed by atoms with Crippen molar-refractivity contribution < 1.29 is 13.6 Å². The third-order valence-electron chi connectivity index (χ3n) is 5.41. The van der Waals surface area contributed by atoms with Crippen LogP contribution >= 0.6 is 0 Å². The highest BCUT2D eigenvalue weighted by Gasteiger charge is 2.47. The Morgan fingerprint density at radius 3 is 2.76 bits per heavy atom. The molecule has 0 unspecified atom stereocenters. The van der Waals surface area contributed by atoms with Gasteiger partial charge in [-0.1, -0.05) is 6.07 Å². The van der Waals surface area contributed by atoms with Crippen LogP contribution in [0.4, 0.5) is 14.6 Å². The van der Waals surface area contributed by atoms with Crippen LogP contribution in [-0.4, -0.2) is 39.5 Å². The summed E-state index contributed by atoms with van der Waals surface area (Å²) in [6.45, 7) is 0.278. The van der Waals surface area contributed by atoms with E-state index in [9.17, 15) is 18.4 Å². The first kappa shape index (κ1) is 19.1. The molecule has 1 aromatic carbocycles. The lowest BCUT2D eigenvalue weighted by molar-refractivity contribution is -0.0850. The Bertz CT molecular complexity index is 1110. The number of pyridine rings is 1. The van der Waals surface area contributed by atoms with E-state index in [1.165, 1.54) is 4.57 Å². The van der Waals surface area contributed by atoms with Gasteiger partial charge < -0.3 is 15.2 Å². The molecule has 1 saturated carbocycles. The number of carbonyl (C=O) groups excluding carboxylic acids is 1. The zero-order valence-corrected chi connectivity index (χ0v) is 16.1. The molecule has 2 N–H and O–H groups in total. The van der Waals surface area contributed by atoms with E-state index < -0.39 is 5.92 Å². The number of halogens is 2. The summed E-state index contributed by atoms with van der Waals surface area (Å²) in [6, 6.07) is 8.39. The standard InChI is InChI=1S/C20H21F2N5O2/c1-26(14-8-20(21,22)9-14)17-6-3-12(10-23-17)11-24-18(28)13-4-5-16-15(7-13)25-19(29)27(16)2/h3-7,10,14H,8-9,11H2,1-2H3,(H,24,28)(H,25,29). The van der Waals surface area contributed by atoms with Crippen molar-refractivity contribution in [1.29, 1.82) is 0 Å². The molecule has 1 amide bonds. The fraction of sp³-hybridized carbons (Fsp3) is 0.350. The van der Waals surface area contributed by atoms with E-state index in [0.29, 0.717) is 16.9 Å². The van der Waals surface area contributed by atoms with E-state index in [1.807, 2.05) is 6.07 Å². The van der Waals surface area contributed by atoms with Crippen molar-refractivity contribution in [2.24, 2.45) is 7.05 Å². The van der Waals surface area contributed by atoms with Crippen LogP contribution < -0.4 is 15.9 Å². The number of amides is 1. The summed E-state index contributed by atoms with van der Waals surface area (Å²) in [6.07, 6.45) is 1.32. The van der Waals surface area contributed by atoms with Gasteiger partial charge in [0.2, 0.25) is 0 Å². The number of alkyl halides is 2. The Labute approximate surface area is 165 Å². The number of rotatable bonds is 5. The van der Waals surface area contributed by atoms with Crippen LogP contribution in [0.1, 0.15) is 28.8 Å². The lowest BCUT2D eigenvalue weighted by Gasteiger charge is -2.41. The van der Waals surface area contributed by atoms with E-state index >= 15 is 0 Å². The van der Waals surface area contributed by atoms with Crippen molar-refractivity contribution in [3.63, 3.8) is 0 Å². The van der Waals surface area contributed by atoms with Gasteiger partial charge in [0, 0.05) is 51.3 Å². The average Bonchev–Trinajstić information content (AvgIpc) is 2.97. The third kappa shape index (κ3) is 3.72. The van der Waals surface area contributed by atoms with Crippen molar-refractivity contribution in [3.05, 3.63) is 58.1 Å². The molecule has 2 heterocycles. The summed E-state index contributed by atoms with van der Waals surface area (Å²) >= 11 is 0. The number of H-pyrrole nitrogens is 1. The van der Waals surface area contributed by atoms with Gasteiger partial charge in [0.05, 0.1) is 11.0 Å². The number of anilines is 1. The van der Waals surface area contributed by atoms with Gasteiger partial charge in [0.25, 0.3) is 11.8 Å². The normalized spacial score (nSPS) is 15.9. The Hall–Kier alpha value is -3.23. The van der Waals surface area contributed by atoms with Crippen molar-refractivity contribution in [2.75, 3.05) is 11.9 Å². The summed E-state index contributed by atoms with van der Waals surface area (Å²) in [5, 5.41) is 2.82. The molecule has 152 valence electrons. The minimum atomic E-state index is -2.57. The smallest absolute Gasteiger partial charge is 0.326 e. The van der Waals surface area contributed by atoms with Crippen molar-refractivity contribution in [1.82, 2.24) is 19.9 Å². The number of nitrogens with zero attached hydrogens (tertiary/aromatic N) is 3. The zero-order chi connectivity index (χ0) is 20.8. The number of benzene rings is 1. The molecule has 1 fully saturated rings. The van der Waals surface area contributed by atoms with E-state index in [1.54, 1.807) is 49.5 Å². The number of aromatic nitrogens is 3. The Morgan fingerprint density at radius 2 is 2.10 bits per heavy atom. The fourth-order valence-corrected chi connectivity index (χ4v) is 3.48. The van der Waals surface area contributed by atoms with Gasteiger partial charge in [-0.3, -0.25) is 9.36 Å². The predicted octanol–water partition coefficient (Wildman–Crippen LogP) is 2.43. The second-order valence-electron chi connectivity index (χ2n) is 7.46. The van der Waals surface area contributed by atoms with Crippen molar-refractivity contribution in [2.45, 2.75) is 31.4 Å². The molecule has 0 bridgehead atoms. The molecule has 0 spiro atoms. The van der Waals surface area contributed by atoms with Crippen molar-refractivity contribution in [3.8, 4) is 0 Å². The summed E-state index contributed by atoms with van der Waals surface area (Å²) in [5.41, 5.74) is 2.32. The largest absolute Gasteiger partial charge is 0.356 e. The van der Waals surface area contributed by atoms with Crippen LogP contribution in [0, 0.1) is 0 Å². The van der Waals surface area contributed by atoms with Gasteiger partial charge in [-0.2, -0.15) is 0 Å². The second kappa shape index (κ2) is 6.98. The van der Waals surface area contributed by atoms with Gasteiger partial charge in [-0.15, -0.1) is 0 Å². The first-order valence-electron chi connectivity index (χ1n) is 9.26. The van der Waals surface area contributed by atoms with Crippen LogP contribution in [0.3, 0.4) is 0 Å². The van der Waals surface area contributed by atoms with Crippen molar-refractivity contribution >= 4 is 22.8 Å². The average molecular weight is 401 g/mol. The lowest BCUT2D eigenvalue weighted by atomic mass is 9.87. The number of aromatic amines is 1. The SMILES string of the molecule is CN(c1ccc(CNC(=O)c2ccc3c(c2)[nH]c(=O)n3C)cn1)C1CC(F)(F)C1. The molecule has 2 aromatic heterocycles. The van der Waals surface area contributed by atoms with Gasteiger partial charge in [-0.05, 0) is 29.8 Å². The minimum absolute atomic E-state index is 0.153. The molecule has 9 heteroatoms. The van der Waals surface area contributed by atoms with Crippen LogP contribution in [0.5, 0.6) is 0 Å². The summed E-state index contributed by atoms with van der Waals surface area (Å²) in [4.78, 5) is 32.9. The van der Waals surface area contributed by atoms with Crippen LogP contribution in [0.15, 0.2) is 41.3 Å². The molecule has 0 radical (unpaired) electrons. The molecule has 1 aliphatic rings. The van der Waals surface area contributed by atoms with Gasteiger partial charge in [0.1, 0.15) is 5.82 Å². The third-order valence-corrected chi connectivity index (χ3v) is 5.41. The highest BCUT2D eigenvalue weighted by atomic mass is 19.3. The number of imidazole rings is 1. The maximum atomic E-state index is 13.0. The fourth-order valence-electron chi connectivity index (χ4n) is 3.48. The molecule has 7 nitrogen and oxygen atoms in total. The quantitative estimate of drug-likeness (QED) is 0.688. The Morgan fingerprint density at radius 1 is 1.34 bits per heavy atom. The predicted molar refractivity (Wildman–Crippen MR) is 105 cm³/mol. The Kier molecular flexibility index (Phi) is 4.60. The second-order valence-corrected chi connectivity index (χ2v) is 7.46. The van der Waals surface area contributed by atoms with Crippen LogP contribution in [0.2, 0.25) is 0 Å². The molecule has 3 aromatic rings. The van der Waals surface area contributed by atoms with E-state index in [2.05, 4.69) is 15.3 Å². The van der Waals surface area contributed by atoms with Gasteiger partial charge >= 0.3 is 5.69 Å². The number of aryl methyl sites for hydroxylation is 1. The maximum Gasteiger partial charge on any atom is 0.326 e. The molecule has 0 aliphatic heterocycles. The summed E-state index contributed by atoms with van der Waals surface area (Å²) in [7, 11) is 3.42. The number of fused-ring (bicyclic) bond motifs is 1. The van der Waals surface area contributed by atoms with E-state index in [0.717, 1.165) is 11.1 Å². The van der Waals surface area contributed by atoms with E-state index in [4.69, 9.17) is 0 Å². The number of carbonyl (C=O) groups is 1. The Balaban J connectivity index is 1.37. The lowest BCUT2D eigenvalue weighted by Crippen LogP contribution is -2.49. The summed E-state index contributed by atoms with van der Waals surface area (Å²) in [5.74, 6) is -2.22. The van der Waals surface area contributed by atoms with E-state index in [-0.39, 0.29) is 37.0 Å². The summed E-state index contributed by atoms with van der Waals surface area (Å²) < 4.78 is 27.6. The maximum absolute atomic E-state index is 13.0. The van der Waals surface area contributed by atoms with Crippen LogP contribution in [-0.2, 0) is 13.6 Å². The first-order valence-corrected chi connectivity index (χ1v) is 9.26. The first-order chi connectivity index (χ1) is 13.7. The zero-order valence-electron chi connectivity index (χ0n) is 16.1. The highest BCUT2D eigenvalue weighted by molar-refractivity contribution is 5.97. The minimum Gasteiger partial charge on any atom is -0.356 e. The van der Waals surface area contributed by atoms with Crippen LogP contribution in [0.25, 0.3) is 11.0 Å². The molecule has 0 saturated heterocycles. The van der Waals surface area contributed by atoms with Gasteiger partial charge in [-0.25, -0.2) is 18.6 Å².